The van der Waals surface area contributed by atoms with Crippen molar-refractivity contribution in [2.24, 2.45) is 0 Å². The molecule has 0 spiro atoms. The predicted molar refractivity (Wildman–Crippen MR) is 49.7 cm³/mol. The van der Waals surface area contributed by atoms with Crippen molar-refractivity contribution in [2.45, 2.75) is 0 Å². The zero-order valence-electron chi connectivity index (χ0n) is 7.18. The number of rotatable bonds is 1. The van der Waals surface area contributed by atoms with Crippen molar-refractivity contribution >= 4 is 17.5 Å². The third-order valence-electron chi connectivity index (χ3n) is 1.90. The molecule has 1 N–H and O–H groups in total. The molecule has 1 aromatic carbocycles. The van der Waals surface area contributed by atoms with E-state index >= 15 is 0 Å². The van der Waals surface area contributed by atoms with Crippen LogP contribution in [0.2, 0.25) is 0 Å². The van der Waals surface area contributed by atoms with Crippen molar-refractivity contribution in [1.29, 1.82) is 0 Å². The molecule has 1 aliphatic heterocycles. The lowest BCUT2D eigenvalue weighted by atomic mass is 10.3. The Labute approximate surface area is 80.1 Å². The molecule has 4 heteroatoms. The molecule has 0 unspecified atom stereocenters. The zero-order valence-corrected chi connectivity index (χ0v) is 7.18. The molecule has 2 amide bonds. The smallest absolute Gasteiger partial charge is 0.258 e. The van der Waals surface area contributed by atoms with Gasteiger partial charge in [0.25, 0.3) is 11.8 Å². The van der Waals surface area contributed by atoms with Gasteiger partial charge in [0.05, 0.1) is 5.69 Å². The molecular formula is C10H7NO3. The minimum atomic E-state index is -0.388. The normalized spacial score (nSPS) is 15.3. The minimum absolute atomic E-state index is 0.0231. The number of carbonyl (C=O) groups excluding carboxylic acids is 2. The number of anilines is 1. The standard InChI is InChI=1S/C10H7NO3/c12-8-3-1-2-7(6-8)11-9(13)4-5-10(11)14/h1-6,12H. The van der Waals surface area contributed by atoms with Crippen molar-refractivity contribution in [1.82, 2.24) is 0 Å². The van der Waals surface area contributed by atoms with E-state index in [1.807, 2.05) is 0 Å². The third-order valence-corrected chi connectivity index (χ3v) is 1.90. The summed E-state index contributed by atoms with van der Waals surface area (Å²) in [5, 5.41) is 9.18. The molecule has 0 fully saturated rings. The molecule has 14 heavy (non-hydrogen) atoms. The van der Waals surface area contributed by atoms with Gasteiger partial charge in [-0.1, -0.05) is 6.07 Å². The zero-order chi connectivity index (χ0) is 10.1. The van der Waals surface area contributed by atoms with Crippen LogP contribution in [0, 0.1) is 0 Å². The fraction of sp³-hybridized carbons (Fsp3) is 0. The number of imide groups is 1. The molecule has 1 heterocycles. The summed E-state index contributed by atoms with van der Waals surface area (Å²) < 4.78 is 0. The summed E-state index contributed by atoms with van der Waals surface area (Å²) >= 11 is 0. The number of hydrogen-bond donors (Lipinski definition) is 1. The Kier molecular flexibility index (Phi) is 1.81. The number of phenols is 1. The lowest BCUT2D eigenvalue weighted by Crippen LogP contribution is -2.29. The second kappa shape index (κ2) is 2.99. The van der Waals surface area contributed by atoms with Crippen LogP contribution in [0.3, 0.4) is 0 Å². The Morgan fingerprint density at radius 3 is 2.29 bits per heavy atom. The Bertz CT molecular complexity index is 419. The van der Waals surface area contributed by atoms with Gasteiger partial charge in [0.1, 0.15) is 5.75 Å². The molecule has 0 atom stereocenters. The van der Waals surface area contributed by atoms with Gasteiger partial charge in [-0.05, 0) is 12.1 Å². The highest BCUT2D eigenvalue weighted by atomic mass is 16.3. The second-order valence-electron chi connectivity index (χ2n) is 2.87. The van der Waals surface area contributed by atoms with E-state index in [2.05, 4.69) is 0 Å². The van der Waals surface area contributed by atoms with E-state index in [-0.39, 0.29) is 17.6 Å². The summed E-state index contributed by atoms with van der Waals surface area (Å²) in [6.07, 6.45) is 2.40. The Balaban J connectivity index is 2.41. The van der Waals surface area contributed by atoms with Crippen LogP contribution in [0.25, 0.3) is 0 Å². The molecule has 0 saturated carbocycles. The van der Waals surface area contributed by atoms with Gasteiger partial charge in [-0.25, -0.2) is 4.90 Å². The average Bonchev–Trinajstić information content (AvgIpc) is 2.46. The van der Waals surface area contributed by atoms with Gasteiger partial charge >= 0.3 is 0 Å². The highest BCUT2D eigenvalue weighted by molar-refractivity contribution is 6.28. The fourth-order valence-electron chi connectivity index (χ4n) is 1.29. The maximum Gasteiger partial charge on any atom is 0.258 e. The summed E-state index contributed by atoms with van der Waals surface area (Å²) in [6.45, 7) is 0. The topological polar surface area (TPSA) is 57.6 Å². The number of amides is 2. The van der Waals surface area contributed by atoms with E-state index in [9.17, 15) is 14.7 Å². The van der Waals surface area contributed by atoms with Crippen LogP contribution in [0.1, 0.15) is 0 Å². The van der Waals surface area contributed by atoms with Gasteiger partial charge in [-0.15, -0.1) is 0 Å². The van der Waals surface area contributed by atoms with Crippen LogP contribution in [-0.2, 0) is 9.59 Å². The third kappa shape index (κ3) is 1.26. The summed E-state index contributed by atoms with van der Waals surface area (Å²) in [5.74, 6) is -0.754. The molecule has 1 aliphatic rings. The first-order valence-electron chi connectivity index (χ1n) is 4.03. The van der Waals surface area contributed by atoms with Crippen molar-refractivity contribution in [3.05, 3.63) is 36.4 Å². The molecule has 1 aromatic rings. The van der Waals surface area contributed by atoms with Gasteiger partial charge < -0.3 is 5.11 Å². The Morgan fingerprint density at radius 1 is 1.07 bits per heavy atom. The largest absolute Gasteiger partial charge is 0.508 e. The summed E-state index contributed by atoms with van der Waals surface area (Å²) in [7, 11) is 0. The molecule has 0 aromatic heterocycles. The first-order chi connectivity index (χ1) is 6.68. The van der Waals surface area contributed by atoms with Crippen molar-refractivity contribution < 1.29 is 14.7 Å². The number of carbonyl (C=O) groups is 2. The number of phenolic OH excluding ortho intramolecular Hbond substituents is 1. The quantitative estimate of drug-likeness (QED) is 0.665. The van der Waals surface area contributed by atoms with Crippen molar-refractivity contribution in [3.63, 3.8) is 0 Å². The maximum absolute atomic E-state index is 11.2. The number of aromatic hydroxyl groups is 1. The van der Waals surface area contributed by atoms with Gasteiger partial charge in [-0.3, -0.25) is 9.59 Å². The summed E-state index contributed by atoms with van der Waals surface area (Å²) in [4.78, 5) is 23.5. The lowest BCUT2D eigenvalue weighted by Gasteiger charge is -2.13. The van der Waals surface area contributed by atoms with E-state index in [1.165, 1.54) is 24.3 Å². The van der Waals surface area contributed by atoms with Gasteiger partial charge in [0, 0.05) is 18.2 Å². The number of nitrogens with zero attached hydrogens (tertiary/aromatic N) is 1. The first kappa shape index (κ1) is 8.50. The SMILES string of the molecule is O=C1C=CC(=O)N1c1cccc(O)c1. The average molecular weight is 189 g/mol. The minimum Gasteiger partial charge on any atom is -0.508 e. The molecule has 0 bridgehead atoms. The van der Waals surface area contributed by atoms with E-state index < -0.39 is 0 Å². The van der Waals surface area contributed by atoms with Crippen LogP contribution in [0.5, 0.6) is 5.75 Å². The molecule has 4 nitrogen and oxygen atoms in total. The second-order valence-corrected chi connectivity index (χ2v) is 2.87. The van der Waals surface area contributed by atoms with Crippen LogP contribution >= 0.6 is 0 Å². The highest BCUT2D eigenvalue weighted by Gasteiger charge is 2.24. The lowest BCUT2D eigenvalue weighted by molar-refractivity contribution is -0.119. The fourth-order valence-corrected chi connectivity index (χ4v) is 1.29. The van der Waals surface area contributed by atoms with Crippen LogP contribution in [0.4, 0.5) is 5.69 Å². The first-order valence-corrected chi connectivity index (χ1v) is 4.03. The van der Waals surface area contributed by atoms with Crippen LogP contribution in [0.15, 0.2) is 36.4 Å². The molecule has 2 rings (SSSR count). The van der Waals surface area contributed by atoms with Crippen molar-refractivity contribution in [2.75, 3.05) is 4.90 Å². The molecule has 0 aliphatic carbocycles. The Hall–Kier alpha value is -2.10. The Morgan fingerprint density at radius 2 is 1.71 bits per heavy atom. The predicted octanol–water partition coefficient (Wildman–Crippen LogP) is 0.822. The molecule has 0 saturated heterocycles. The van der Waals surface area contributed by atoms with Crippen LogP contribution in [-0.4, -0.2) is 16.9 Å². The summed E-state index contributed by atoms with van der Waals surface area (Å²) in [5.41, 5.74) is 0.380. The number of hydrogen-bond acceptors (Lipinski definition) is 3. The maximum atomic E-state index is 11.2. The monoisotopic (exact) mass is 189 g/mol. The molecule has 70 valence electrons. The summed E-state index contributed by atoms with van der Waals surface area (Å²) in [6, 6.07) is 6.00. The van der Waals surface area contributed by atoms with E-state index in [0.717, 1.165) is 4.90 Å². The van der Waals surface area contributed by atoms with Gasteiger partial charge in [0.15, 0.2) is 0 Å². The van der Waals surface area contributed by atoms with E-state index in [1.54, 1.807) is 12.1 Å². The van der Waals surface area contributed by atoms with Crippen LogP contribution < -0.4 is 4.90 Å². The van der Waals surface area contributed by atoms with Gasteiger partial charge in [0.2, 0.25) is 0 Å². The van der Waals surface area contributed by atoms with Crippen molar-refractivity contribution in [3.8, 4) is 5.75 Å². The molecule has 0 radical (unpaired) electrons. The number of benzene rings is 1. The van der Waals surface area contributed by atoms with E-state index in [4.69, 9.17) is 0 Å². The van der Waals surface area contributed by atoms with E-state index in [0.29, 0.717) is 5.69 Å². The highest BCUT2D eigenvalue weighted by Crippen LogP contribution is 2.22. The molecular weight excluding hydrogens is 182 g/mol. The van der Waals surface area contributed by atoms with Gasteiger partial charge in [-0.2, -0.15) is 0 Å².